The van der Waals surface area contributed by atoms with E-state index in [1.807, 2.05) is 19.2 Å². The van der Waals surface area contributed by atoms with E-state index in [4.69, 9.17) is 4.98 Å². The second-order valence-electron chi connectivity index (χ2n) is 7.92. The first-order valence-electron chi connectivity index (χ1n) is 8.98. The van der Waals surface area contributed by atoms with E-state index in [9.17, 15) is 0 Å². The fourth-order valence-corrected chi connectivity index (χ4v) is 3.50. The summed E-state index contributed by atoms with van der Waals surface area (Å²) in [6.45, 7) is 10.7. The Bertz CT molecular complexity index is 1140. The van der Waals surface area contributed by atoms with Crippen molar-refractivity contribution in [3.63, 3.8) is 0 Å². The zero-order valence-corrected chi connectivity index (χ0v) is 16.0. The molecule has 26 heavy (non-hydrogen) atoms. The van der Waals surface area contributed by atoms with Crippen LogP contribution < -0.4 is 0 Å². The molecule has 0 saturated heterocycles. The van der Waals surface area contributed by atoms with Gasteiger partial charge >= 0.3 is 0 Å². The molecule has 130 valence electrons. The van der Waals surface area contributed by atoms with Gasteiger partial charge in [0.15, 0.2) is 0 Å². The van der Waals surface area contributed by atoms with Crippen LogP contribution >= 0.6 is 0 Å². The number of aromatic nitrogens is 3. The predicted octanol–water partition coefficient (Wildman–Crippen LogP) is 5.76. The summed E-state index contributed by atoms with van der Waals surface area (Å²) in [6.07, 6.45) is 1.88. The van der Waals surface area contributed by atoms with Crippen LogP contribution in [-0.4, -0.2) is 15.0 Å². The van der Waals surface area contributed by atoms with Crippen LogP contribution in [0.4, 0.5) is 0 Å². The number of hydrogen-bond donors (Lipinski definition) is 0. The Labute approximate surface area is 154 Å². The Morgan fingerprint density at radius 3 is 2.31 bits per heavy atom. The van der Waals surface area contributed by atoms with Crippen molar-refractivity contribution >= 4 is 21.5 Å². The minimum Gasteiger partial charge on any atom is -0.258 e. The van der Waals surface area contributed by atoms with Gasteiger partial charge < -0.3 is 0 Å². The molecular weight excluding hydrogens is 318 g/mol. The van der Waals surface area contributed by atoms with Crippen LogP contribution in [0.15, 0.2) is 48.7 Å². The minimum atomic E-state index is 0.00713. The zero-order valence-electron chi connectivity index (χ0n) is 16.0. The van der Waals surface area contributed by atoms with E-state index in [1.165, 1.54) is 16.2 Å². The lowest BCUT2D eigenvalue weighted by Gasteiger charge is -2.18. The Morgan fingerprint density at radius 1 is 0.769 bits per heavy atom. The molecule has 1 aromatic carbocycles. The quantitative estimate of drug-likeness (QED) is 0.413. The average molecular weight is 341 g/mol. The minimum absolute atomic E-state index is 0.00713. The molecule has 0 aliphatic carbocycles. The average Bonchev–Trinajstić information content (AvgIpc) is 2.60. The molecule has 0 radical (unpaired) electrons. The lowest BCUT2D eigenvalue weighted by Crippen LogP contribution is -2.13. The van der Waals surface area contributed by atoms with E-state index in [0.717, 1.165) is 33.9 Å². The van der Waals surface area contributed by atoms with E-state index in [2.05, 4.69) is 74.1 Å². The van der Waals surface area contributed by atoms with Gasteiger partial charge in [0.25, 0.3) is 0 Å². The van der Waals surface area contributed by atoms with E-state index in [0.29, 0.717) is 0 Å². The molecule has 0 N–H and O–H groups in total. The molecule has 3 nitrogen and oxygen atoms in total. The highest BCUT2D eigenvalue weighted by Gasteiger charge is 2.17. The number of rotatable bonds is 1. The molecule has 4 rings (SSSR count). The maximum Gasteiger partial charge on any atom is 0.0964 e. The summed E-state index contributed by atoms with van der Waals surface area (Å²) in [7, 11) is 0. The van der Waals surface area contributed by atoms with Gasteiger partial charge in [-0.05, 0) is 48.9 Å². The molecule has 4 aromatic rings. The molecule has 3 aromatic heterocycles. The monoisotopic (exact) mass is 341 g/mol. The SMILES string of the molecule is Cc1cc2c(ccc3c(-c4cccc(C(C)(C)C)n4)nccc32)c(C)n1. The van der Waals surface area contributed by atoms with Gasteiger partial charge in [0, 0.05) is 39.5 Å². The van der Waals surface area contributed by atoms with Crippen molar-refractivity contribution in [2.24, 2.45) is 0 Å². The van der Waals surface area contributed by atoms with Crippen molar-refractivity contribution in [1.29, 1.82) is 0 Å². The van der Waals surface area contributed by atoms with Crippen molar-refractivity contribution in [2.45, 2.75) is 40.0 Å². The largest absolute Gasteiger partial charge is 0.258 e. The summed E-state index contributed by atoms with van der Waals surface area (Å²) in [5.41, 5.74) is 5.03. The molecular formula is C23H23N3. The Hall–Kier alpha value is -2.81. The van der Waals surface area contributed by atoms with Crippen molar-refractivity contribution in [1.82, 2.24) is 15.0 Å². The summed E-state index contributed by atoms with van der Waals surface area (Å²) in [4.78, 5) is 14.2. The van der Waals surface area contributed by atoms with Gasteiger partial charge in [0.1, 0.15) is 0 Å². The van der Waals surface area contributed by atoms with Crippen molar-refractivity contribution in [3.05, 3.63) is 65.7 Å². The van der Waals surface area contributed by atoms with Gasteiger partial charge in [-0.25, -0.2) is 0 Å². The van der Waals surface area contributed by atoms with E-state index in [1.54, 1.807) is 0 Å². The lowest BCUT2D eigenvalue weighted by atomic mass is 9.91. The summed E-state index contributed by atoms with van der Waals surface area (Å²) in [6, 6.07) is 14.8. The first-order chi connectivity index (χ1) is 12.3. The molecule has 3 heterocycles. The van der Waals surface area contributed by atoms with Crippen LogP contribution in [0.5, 0.6) is 0 Å². The molecule has 0 unspecified atom stereocenters. The van der Waals surface area contributed by atoms with Gasteiger partial charge in [-0.1, -0.05) is 39.0 Å². The maximum atomic E-state index is 4.90. The highest BCUT2D eigenvalue weighted by Crippen LogP contribution is 2.33. The van der Waals surface area contributed by atoms with E-state index in [-0.39, 0.29) is 5.41 Å². The van der Waals surface area contributed by atoms with E-state index < -0.39 is 0 Å². The number of aryl methyl sites for hydroxylation is 2. The van der Waals surface area contributed by atoms with Gasteiger partial charge in [-0.2, -0.15) is 0 Å². The third-order valence-electron chi connectivity index (χ3n) is 4.83. The number of fused-ring (bicyclic) bond motifs is 3. The van der Waals surface area contributed by atoms with Crippen molar-refractivity contribution in [2.75, 3.05) is 0 Å². The van der Waals surface area contributed by atoms with Gasteiger partial charge in [0.2, 0.25) is 0 Å². The Balaban J connectivity index is 2.02. The summed E-state index contributed by atoms with van der Waals surface area (Å²) >= 11 is 0. The third kappa shape index (κ3) is 2.74. The molecule has 0 spiro atoms. The molecule has 0 amide bonds. The second-order valence-corrected chi connectivity index (χ2v) is 7.92. The standard InChI is InChI=1S/C23H23N3/c1-14-13-19-16(15(2)25-14)9-10-18-17(19)11-12-24-22(18)20-7-6-8-21(26-20)23(3,4)5/h6-13H,1-5H3. The van der Waals surface area contributed by atoms with Crippen LogP contribution in [0.2, 0.25) is 0 Å². The molecule has 0 aliphatic rings. The number of pyridine rings is 3. The number of benzene rings is 1. The molecule has 0 saturated carbocycles. The lowest BCUT2D eigenvalue weighted by molar-refractivity contribution is 0.569. The molecule has 3 heteroatoms. The number of nitrogens with zero attached hydrogens (tertiary/aromatic N) is 3. The highest BCUT2D eigenvalue weighted by atomic mass is 14.8. The van der Waals surface area contributed by atoms with E-state index >= 15 is 0 Å². The summed E-state index contributed by atoms with van der Waals surface area (Å²) in [5.74, 6) is 0. The van der Waals surface area contributed by atoms with Crippen molar-refractivity contribution < 1.29 is 0 Å². The Kier molecular flexibility index (Phi) is 3.76. The molecule has 0 aliphatic heterocycles. The Morgan fingerprint density at radius 2 is 1.54 bits per heavy atom. The fraction of sp³-hybridized carbons (Fsp3) is 0.261. The van der Waals surface area contributed by atoms with Gasteiger partial charge in [-0.15, -0.1) is 0 Å². The first-order valence-corrected chi connectivity index (χ1v) is 8.98. The van der Waals surface area contributed by atoms with Crippen LogP contribution in [0.3, 0.4) is 0 Å². The highest BCUT2D eigenvalue weighted by molar-refractivity contribution is 6.11. The van der Waals surface area contributed by atoms with Gasteiger partial charge in [0.05, 0.1) is 11.4 Å². The number of hydrogen-bond acceptors (Lipinski definition) is 3. The summed E-state index contributed by atoms with van der Waals surface area (Å²) < 4.78 is 0. The van der Waals surface area contributed by atoms with Crippen LogP contribution in [0.25, 0.3) is 32.9 Å². The van der Waals surface area contributed by atoms with Crippen LogP contribution in [-0.2, 0) is 5.41 Å². The third-order valence-corrected chi connectivity index (χ3v) is 4.83. The second kappa shape index (κ2) is 5.87. The predicted molar refractivity (Wildman–Crippen MR) is 108 cm³/mol. The topological polar surface area (TPSA) is 38.7 Å². The smallest absolute Gasteiger partial charge is 0.0964 e. The zero-order chi connectivity index (χ0) is 18.5. The molecule has 0 atom stereocenters. The summed E-state index contributed by atoms with van der Waals surface area (Å²) in [5, 5.41) is 4.74. The molecule has 0 bridgehead atoms. The first kappa shape index (κ1) is 16.6. The van der Waals surface area contributed by atoms with Gasteiger partial charge in [-0.3, -0.25) is 15.0 Å². The maximum absolute atomic E-state index is 4.90. The normalized spacial score (nSPS) is 12.0. The van der Waals surface area contributed by atoms with Crippen LogP contribution in [0, 0.1) is 13.8 Å². The fourth-order valence-electron chi connectivity index (χ4n) is 3.50. The van der Waals surface area contributed by atoms with Crippen molar-refractivity contribution in [3.8, 4) is 11.4 Å². The molecule has 0 fully saturated rings. The van der Waals surface area contributed by atoms with Crippen LogP contribution in [0.1, 0.15) is 37.9 Å².